The van der Waals surface area contributed by atoms with E-state index >= 15 is 0 Å². The Kier molecular flexibility index (Phi) is 21.9. The first kappa shape index (κ1) is 90.3. The third kappa shape index (κ3) is 16.1. The molecule has 0 radical (unpaired) electrons. The molecule has 0 spiro atoms. The van der Waals surface area contributed by atoms with Gasteiger partial charge in [-0.3, -0.25) is 0 Å². The standard InChI is InChI=1S/C68H63N.C64H71N/c1-65(2,3)52-27-35-59-57-33-25-48(40-61(57)67(7,8)63(59)42-52)50-37-51(49-26-34-58-60-36-28-53(66(4,5)6)43-64(60)68(9,10)62(58)41-49)39-56(38-50)69(54-29-21-46(22-30-54)44-17-13-11-14-18-44)55-31-23-47(24-32-55)45-19-15-12-16-20-45;1-59(2,3)42-24-28-46(29-25-42)65(45-20-18-17-19-21-45)47-38-52(40-22-30-48-50-32-26-43(60(4,5)6)36-56(50)63(13,14)54(48)34-40)58(62(10,11)12)53(39-47)41-23-31-49-51-33-27-44(61(7,8)9)37-57(51)64(15,16)55(49)35-41/h11-43H,1-10H3;17-39H,1-16H3. The largest absolute Gasteiger partial charge is 0.310 e. The van der Waals surface area contributed by atoms with Gasteiger partial charge in [0, 0.05) is 55.8 Å². The highest BCUT2D eigenvalue weighted by atomic mass is 15.1. The molecule has 2 heteroatoms. The quantitative estimate of drug-likeness (QED) is 0.120. The first-order valence-electron chi connectivity index (χ1n) is 48.8. The van der Waals surface area contributed by atoms with Crippen molar-refractivity contribution in [3.63, 3.8) is 0 Å². The molecule has 4 aliphatic carbocycles. The van der Waals surface area contributed by atoms with E-state index in [4.69, 9.17) is 0 Å². The van der Waals surface area contributed by atoms with E-state index in [0.29, 0.717) is 0 Å². The van der Waals surface area contributed by atoms with Crippen molar-refractivity contribution in [3.8, 4) is 111 Å². The summed E-state index contributed by atoms with van der Waals surface area (Å²) in [5.41, 5.74) is 51.2. The van der Waals surface area contributed by atoms with Crippen LogP contribution in [0.3, 0.4) is 0 Å². The first-order valence-corrected chi connectivity index (χ1v) is 48.8. The Morgan fingerprint density at radius 3 is 0.649 bits per heavy atom. The summed E-state index contributed by atoms with van der Waals surface area (Å²) >= 11 is 0. The van der Waals surface area contributed by atoms with E-state index in [-0.39, 0.29) is 54.1 Å². The Labute approximate surface area is 801 Å². The monoisotopic (exact) mass is 1750 g/mol. The van der Waals surface area contributed by atoms with Crippen LogP contribution in [0.15, 0.2) is 340 Å². The summed E-state index contributed by atoms with van der Waals surface area (Å²) in [6.45, 7) is 61.2. The number of fused-ring (bicyclic) bond motifs is 12. The molecule has 16 aromatic carbocycles. The minimum absolute atomic E-state index is 0.0510. The summed E-state index contributed by atoms with van der Waals surface area (Å²) < 4.78 is 0. The summed E-state index contributed by atoms with van der Waals surface area (Å²) in [7, 11) is 0. The van der Waals surface area contributed by atoms with Crippen LogP contribution < -0.4 is 9.80 Å². The first-order chi connectivity index (χ1) is 63.2. The molecule has 20 rings (SSSR count). The fraction of sp³-hybridized carbons (Fsp3) is 0.273. The van der Waals surface area contributed by atoms with Gasteiger partial charge >= 0.3 is 0 Å². The number of anilines is 6. The number of benzene rings is 16. The van der Waals surface area contributed by atoms with E-state index in [1.807, 2.05) is 0 Å². The van der Waals surface area contributed by atoms with E-state index in [2.05, 4.69) is 530 Å². The molecule has 0 aromatic heterocycles. The van der Waals surface area contributed by atoms with Gasteiger partial charge in [-0.25, -0.2) is 0 Å². The van der Waals surface area contributed by atoms with E-state index in [1.54, 1.807) is 0 Å². The van der Waals surface area contributed by atoms with Crippen LogP contribution in [0.4, 0.5) is 34.1 Å². The van der Waals surface area contributed by atoms with Gasteiger partial charge in [0.25, 0.3) is 0 Å². The van der Waals surface area contributed by atoms with Crippen LogP contribution in [-0.4, -0.2) is 0 Å². The van der Waals surface area contributed by atoms with Crippen molar-refractivity contribution in [1.82, 2.24) is 0 Å². The molecule has 4 aliphatic rings. The van der Waals surface area contributed by atoms with E-state index < -0.39 is 0 Å². The van der Waals surface area contributed by atoms with Crippen molar-refractivity contribution in [1.29, 1.82) is 0 Å². The molecule has 0 bridgehead atoms. The SMILES string of the molecule is CC(C)(C)c1ccc(N(c2ccccc2)c2cc(-c3ccc4c(c3)C(C)(C)c3cc(C(C)(C)C)ccc3-4)c(C(C)(C)C)c(-c3ccc4c(c3)C(C)(C)c3cc(C(C)(C)C)ccc3-4)c2)cc1.CC(C)(C)c1ccc2c(c1)C(C)(C)c1cc(-c3cc(-c4ccc5c(c4)C(C)(C)c4cc(C(C)(C)C)ccc4-5)cc(N(c4ccc(-c5ccccc5)cc4)c4ccc(-c5ccccc5)cc4)c3)ccc1-2. The second kappa shape index (κ2) is 32.5. The lowest BCUT2D eigenvalue weighted by Gasteiger charge is -2.32. The molecule has 0 aliphatic heterocycles. The normalized spacial score (nSPS) is 14.6. The van der Waals surface area contributed by atoms with Gasteiger partial charge < -0.3 is 9.80 Å². The summed E-state index contributed by atoms with van der Waals surface area (Å²) in [5, 5.41) is 0. The zero-order valence-electron chi connectivity index (χ0n) is 84.2. The van der Waals surface area contributed by atoms with Gasteiger partial charge in [-0.05, 0) is 325 Å². The second-order valence-corrected chi connectivity index (χ2v) is 47.1. The minimum Gasteiger partial charge on any atom is -0.310 e. The van der Waals surface area contributed by atoms with Crippen molar-refractivity contribution < 1.29 is 0 Å². The van der Waals surface area contributed by atoms with Crippen LogP contribution in [0.25, 0.3) is 111 Å². The maximum Gasteiger partial charge on any atom is 0.0474 e. The molecule has 0 atom stereocenters. The third-order valence-corrected chi connectivity index (χ3v) is 30.2. The Hall–Kier alpha value is -12.9. The summed E-state index contributed by atoms with van der Waals surface area (Å²) in [4.78, 5) is 4.91. The van der Waals surface area contributed by atoms with Crippen LogP contribution in [0, 0.1) is 0 Å². The van der Waals surface area contributed by atoms with Crippen molar-refractivity contribution in [2.24, 2.45) is 0 Å². The predicted molar refractivity (Wildman–Crippen MR) is 577 cm³/mol. The lowest BCUT2D eigenvalue weighted by atomic mass is 9.75. The molecule has 0 heterocycles. The highest BCUT2D eigenvalue weighted by Gasteiger charge is 2.43. The number of rotatable bonds is 12. The Morgan fingerprint density at radius 2 is 0.366 bits per heavy atom. The summed E-state index contributed by atoms with van der Waals surface area (Å²) in [5.74, 6) is 0. The molecular formula is C132H134N2. The molecule has 0 N–H and O–H groups in total. The lowest BCUT2D eigenvalue weighted by molar-refractivity contribution is 0.584. The van der Waals surface area contributed by atoms with Crippen LogP contribution >= 0.6 is 0 Å². The Bertz CT molecular complexity index is 6890. The van der Waals surface area contributed by atoms with Gasteiger partial charge in [0.05, 0.1) is 0 Å². The molecule has 2 nitrogen and oxygen atoms in total. The summed E-state index contributed by atoms with van der Waals surface area (Å²) in [6, 6.07) is 130. The van der Waals surface area contributed by atoms with Crippen molar-refractivity contribution in [3.05, 3.63) is 418 Å². The van der Waals surface area contributed by atoms with Crippen LogP contribution in [0.5, 0.6) is 0 Å². The fourth-order valence-corrected chi connectivity index (χ4v) is 22.1. The molecule has 16 aromatic rings. The highest BCUT2D eigenvalue weighted by Crippen LogP contribution is 2.59. The van der Waals surface area contributed by atoms with Crippen LogP contribution in [-0.2, 0) is 54.1 Å². The topological polar surface area (TPSA) is 6.48 Å². The maximum absolute atomic E-state index is 2.53. The fourth-order valence-electron chi connectivity index (χ4n) is 22.1. The summed E-state index contributed by atoms with van der Waals surface area (Å²) in [6.07, 6.45) is 0. The minimum atomic E-state index is -0.187. The van der Waals surface area contributed by atoms with Gasteiger partial charge in [0.15, 0.2) is 0 Å². The number of para-hydroxylation sites is 1. The molecule has 0 saturated heterocycles. The van der Waals surface area contributed by atoms with Gasteiger partial charge in [-0.2, -0.15) is 0 Å². The average molecular weight is 1750 g/mol. The van der Waals surface area contributed by atoms with Crippen LogP contribution in [0.2, 0.25) is 0 Å². The van der Waals surface area contributed by atoms with Crippen LogP contribution in [0.1, 0.15) is 258 Å². The molecule has 0 fully saturated rings. The lowest BCUT2D eigenvalue weighted by Crippen LogP contribution is -2.19. The molecule has 0 amide bonds. The Morgan fingerprint density at radius 1 is 0.149 bits per heavy atom. The average Bonchev–Trinajstić information content (AvgIpc) is 1.53. The van der Waals surface area contributed by atoms with Crippen molar-refractivity contribution >= 4 is 34.1 Å². The third-order valence-electron chi connectivity index (χ3n) is 30.2. The van der Waals surface area contributed by atoms with Gasteiger partial charge in [-0.1, -0.05) is 417 Å². The van der Waals surface area contributed by atoms with E-state index in [1.165, 1.54) is 189 Å². The highest BCUT2D eigenvalue weighted by molar-refractivity contribution is 5.96. The van der Waals surface area contributed by atoms with Gasteiger partial charge in [0.1, 0.15) is 0 Å². The van der Waals surface area contributed by atoms with E-state index in [0.717, 1.165) is 34.1 Å². The molecule has 672 valence electrons. The van der Waals surface area contributed by atoms with Crippen molar-refractivity contribution in [2.45, 2.75) is 234 Å². The zero-order valence-corrected chi connectivity index (χ0v) is 84.2. The molecule has 0 saturated carbocycles. The van der Waals surface area contributed by atoms with Gasteiger partial charge in [0.2, 0.25) is 0 Å². The predicted octanol–water partition coefficient (Wildman–Crippen LogP) is 37.3. The molecule has 0 unspecified atom stereocenters. The molecular weight excluding hydrogens is 1610 g/mol. The van der Waals surface area contributed by atoms with Crippen molar-refractivity contribution in [2.75, 3.05) is 9.80 Å². The number of hydrogen-bond acceptors (Lipinski definition) is 2. The molecule has 134 heavy (non-hydrogen) atoms. The second-order valence-electron chi connectivity index (χ2n) is 47.1. The zero-order chi connectivity index (χ0) is 94.8. The van der Waals surface area contributed by atoms with Gasteiger partial charge in [-0.15, -0.1) is 0 Å². The van der Waals surface area contributed by atoms with E-state index in [9.17, 15) is 0 Å². The number of hydrogen-bond donors (Lipinski definition) is 0. The smallest absolute Gasteiger partial charge is 0.0474 e. The Balaban J connectivity index is 0.000000173. The maximum atomic E-state index is 2.53. The number of nitrogens with zero attached hydrogens (tertiary/aromatic N) is 2.